The largest absolute Gasteiger partial charge is 0.310 e. The zero-order valence-corrected chi connectivity index (χ0v) is 10.1. The number of halogens is 1. The quantitative estimate of drug-likeness (QED) is 0.800. The Labute approximate surface area is 94.9 Å². The maximum Gasteiger partial charge on any atom is 0.230 e. The molecule has 0 unspecified atom stereocenters. The first-order valence-corrected chi connectivity index (χ1v) is 5.13. The molecule has 1 amide bonds. The van der Waals surface area contributed by atoms with Crippen LogP contribution in [0.3, 0.4) is 0 Å². The van der Waals surface area contributed by atoms with Crippen molar-refractivity contribution in [2.75, 3.05) is 5.32 Å². The van der Waals surface area contributed by atoms with Crippen LogP contribution in [0.5, 0.6) is 0 Å². The van der Waals surface area contributed by atoms with Gasteiger partial charge in [0.2, 0.25) is 5.91 Å². The van der Waals surface area contributed by atoms with Gasteiger partial charge in [-0.05, 0) is 19.1 Å². The molecule has 0 spiro atoms. The molecular weight excluding hydrogens is 212 g/mol. The predicted molar refractivity (Wildman–Crippen MR) is 62.1 cm³/mol. The van der Waals surface area contributed by atoms with Crippen molar-refractivity contribution in [1.29, 1.82) is 0 Å². The van der Waals surface area contributed by atoms with Gasteiger partial charge in [-0.2, -0.15) is 0 Å². The van der Waals surface area contributed by atoms with Crippen LogP contribution in [-0.4, -0.2) is 10.9 Å². The molecule has 4 heteroatoms. The maximum absolute atomic E-state index is 11.6. The summed E-state index contributed by atoms with van der Waals surface area (Å²) in [6.07, 6.45) is 0. The predicted octanol–water partition coefficient (Wildman–Crippen LogP) is 3.03. The van der Waals surface area contributed by atoms with Crippen LogP contribution in [0.4, 0.5) is 5.82 Å². The number of aromatic nitrogens is 1. The minimum absolute atomic E-state index is 0.0586. The summed E-state index contributed by atoms with van der Waals surface area (Å²) in [5.41, 5.74) is 0.290. The first-order chi connectivity index (χ1) is 6.80. The van der Waals surface area contributed by atoms with Gasteiger partial charge >= 0.3 is 0 Å². The van der Waals surface area contributed by atoms with E-state index in [-0.39, 0.29) is 5.91 Å². The van der Waals surface area contributed by atoms with E-state index in [2.05, 4.69) is 10.3 Å². The number of carbonyl (C=O) groups is 1. The minimum Gasteiger partial charge on any atom is -0.310 e. The van der Waals surface area contributed by atoms with E-state index in [0.29, 0.717) is 16.5 Å². The number of pyridine rings is 1. The summed E-state index contributed by atoms with van der Waals surface area (Å²) < 4.78 is 0. The van der Waals surface area contributed by atoms with Gasteiger partial charge in [-0.25, -0.2) is 4.98 Å². The topological polar surface area (TPSA) is 42.0 Å². The third-order valence-electron chi connectivity index (χ3n) is 1.94. The van der Waals surface area contributed by atoms with E-state index in [4.69, 9.17) is 11.6 Å². The Morgan fingerprint density at radius 3 is 2.47 bits per heavy atom. The lowest BCUT2D eigenvalue weighted by Gasteiger charge is -2.17. The van der Waals surface area contributed by atoms with Gasteiger partial charge in [-0.3, -0.25) is 4.79 Å². The van der Waals surface area contributed by atoms with E-state index in [0.717, 1.165) is 0 Å². The molecule has 0 aliphatic carbocycles. The molecule has 0 radical (unpaired) electrons. The fourth-order valence-electron chi connectivity index (χ4n) is 0.917. The molecule has 0 saturated carbocycles. The third-order valence-corrected chi connectivity index (χ3v) is 2.34. The van der Waals surface area contributed by atoms with Gasteiger partial charge in [-0.15, -0.1) is 0 Å². The molecule has 1 aromatic heterocycles. The monoisotopic (exact) mass is 226 g/mol. The number of hydrogen-bond acceptors (Lipinski definition) is 2. The summed E-state index contributed by atoms with van der Waals surface area (Å²) in [7, 11) is 0. The van der Waals surface area contributed by atoms with Crippen molar-refractivity contribution in [1.82, 2.24) is 4.98 Å². The zero-order chi connectivity index (χ0) is 11.6. The normalized spacial score (nSPS) is 11.3. The second-order valence-electron chi connectivity index (χ2n) is 4.47. The Balaban J connectivity index is 2.83. The van der Waals surface area contributed by atoms with Crippen LogP contribution >= 0.6 is 11.6 Å². The van der Waals surface area contributed by atoms with Crippen molar-refractivity contribution >= 4 is 23.3 Å². The molecule has 0 fully saturated rings. The Kier molecular flexibility index (Phi) is 3.35. The average Bonchev–Trinajstić information content (AvgIpc) is 2.10. The molecule has 0 aromatic carbocycles. The molecule has 1 rings (SSSR count). The highest BCUT2D eigenvalue weighted by Crippen LogP contribution is 2.19. The second-order valence-corrected chi connectivity index (χ2v) is 4.88. The van der Waals surface area contributed by atoms with Crippen LogP contribution in [-0.2, 0) is 4.79 Å². The van der Waals surface area contributed by atoms with Crippen LogP contribution in [0.25, 0.3) is 0 Å². The summed E-state index contributed by atoms with van der Waals surface area (Å²) in [6.45, 7) is 7.36. The number of carbonyl (C=O) groups excluding carboxylic acids is 1. The molecule has 3 nitrogen and oxygen atoms in total. The molecule has 1 heterocycles. The lowest BCUT2D eigenvalue weighted by Crippen LogP contribution is -2.28. The number of hydrogen-bond donors (Lipinski definition) is 1. The van der Waals surface area contributed by atoms with E-state index in [1.165, 1.54) is 0 Å². The zero-order valence-electron chi connectivity index (χ0n) is 9.39. The van der Waals surface area contributed by atoms with Crippen molar-refractivity contribution < 1.29 is 4.79 Å². The van der Waals surface area contributed by atoms with E-state index >= 15 is 0 Å². The first-order valence-electron chi connectivity index (χ1n) is 4.75. The molecule has 0 aliphatic rings. The van der Waals surface area contributed by atoms with Crippen molar-refractivity contribution in [3.05, 3.63) is 22.8 Å². The minimum atomic E-state index is -0.421. The fourth-order valence-corrected chi connectivity index (χ4v) is 1.02. The molecule has 1 aromatic rings. The summed E-state index contributed by atoms with van der Waals surface area (Å²) in [6, 6.07) is 3.42. The fraction of sp³-hybridized carbons (Fsp3) is 0.455. The van der Waals surface area contributed by atoms with Gasteiger partial charge in [0.25, 0.3) is 0 Å². The van der Waals surface area contributed by atoms with E-state index in [1.54, 1.807) is 19.1 Å². The van der Waals surface area contributed by atoms with Crippen molar-refractivity contribution in [2.24, 2.45) is 5.41 Å². The number of aryl methyl sites for hydroxylation is 1. The van der Waals surface area contributed by atoms with Crippen LogP contribution in [0.15, 0.2) is 12.1 Å². The summed E-state index contributed by atoms with van der Waals surface area (Å²) in [4.78, 5) is 15.8. The van der Waals surface area contributed by atoms with Crippen molar-refractivity contribution in [3.63, 3.8) is 0 Å². The maximum atomic E-state index is 11.6. The first kappa shape index (κ1) is 12.0. The summed E-state index contributed by atoms with van der Waals surface area (Å²) in [5, 5.41) is 3.34. The molecular formula is C11H15ClN2O. The van der Waals surface area contributed by atoms with E-state index in [9.17, 15) is 4.79 Å². The van der Waals surface area contributed by atoms with Gasteiger partial charge in [-0.1, -0.05) is 32.4 Å². The second kappa shape index (κ2) is 4.19. The number of nitrogens with one attached hydrogen (secondary N) is 1. The molecule has 82 valence electrons. The van der Waals surface area contributed by atoms with E-state index in [1.807, 2.05) is 20.8 Å². The molecule has 0 aliphatic heterocycles. The number of anilines is 1. The molecule has 0 atom stereocenters. The van der Waals surface area contributed by atoms with Crippen LogP contribution < -0.4 is 5.32 Å². The standard InChI is InChI=1S/C11H15ClN2O/c1-7-8(12)5-6-9(13-7)14-10(15)11(2,3)4/h5-6H,1-4H3,(H,13,14,15). The smallest absolute Gasteiger partial charge is 0.230 e. The van der Waals surface area contributed by atoms with Gasteiger partial charge in [0.15, 0.2) is 0 Å². The highest BCUT2D eigenvalue weighted by atomic mass is 35.5. The molecule has 0 bridgehead atoms. The van der Waals surface area contributed by atoms with Gasteiger partial charge in [0.05, 0.1) is 10.7 Å². The Bertz CT molecular complexity index is 383. The lowest BCUT2D eigenvalue weighted by molar-refractivity contribution is -0.123. The highest BCUT2D eigenvalue weighted by molar-refractivity contribution is 6.31. The van der Waals surface area contributed by atoms with Crippen molar-refractivity contribution in [2.45, 2.75) is 27.7 Å². The molecule has 1 N–H and O–H groups in total. The lowest BCUT2D eigenvalue weighted by atomic mass is 9.96. The summed E-state index contributed by atoms with van der Waals surface area (Å²) >= 11 is 5.83. The average molecular weight is 227 g/mol. The van der Waals surface area contributed by atoms with Crippen LogP contribution in [0.2, 0.25) is 5.02 Å². The van der Waals surface area contributed by atoms with Crippen molar-refractivity contribution in [3.8, 4) is 0 Å². The Morgan fingerprint density at radius 1 is 1.40 bits per heavy atom. The number of amides is 1. The highest BCUT2D eigenvalue weighted by Gasteiger charge is 2.21. The number of rotatable bonds is 1. The molecule has 0 saturated heterocycles. The van der Waals surface area contributed by atoms with Crippen LogP contribution in [0, 0.1) is 12.3 Å². The number of nitrogens with zero attached hydrogens (tertiary/aromatic N) is 1. The summed E-state index contributed by atoms with van der Waals surface area (Å²) in [5.74, 6) is 0.480. The van der Waals surface area contributed by atoms with E-state index < -0.39 is 5.41 Å². The third kappa shape index (κ3) is 3.20. The van der Waals surface area contributed by atoms with Gasteiger partial charge in [0, 0.05) is 5.41 Å². The Morgan fingerprint density at radius 2 is 2.00 bits per heavy atom. The van der Waals surface area contributed by atoms with Gasteiger partial charge in [0.1, 0.15) is 5.82 Å². The molecule has 15 heavy (non-hydrogen) atoms. The SMILES string of the molecule is Cc1nc(NC(=O)C(C)(C)C)ccc1Cl. The van der Waals surface area contributed by atoms with Crippen LogP contribution in [0.1, 0.15) is 26.5 Å². The Hall–Kier alpha value is -1.09. The van der Waals surface area contributed by atoms with Gasteiger partial charge < -0.3 is 5.32 Å².